The maximum atomic E-state index is 12.3. The average molecular weight is 429 g/mol. The molecule has 4 atom stereocenters. The molecule has 1 aromatic rings. The van der Waals surface area contributed by atoms with Crippen molar-refractivity contribution in [2.45, 2.75) is 50.8 Å². The molecule has 2 fully saturated rings. The van der Waals surface area contributed by atoms with E-state index in [9.17, 15) is 9.90 Å². The molecule has 0 heterocycles. The summed E-state index contributed by atoms with van der Waals surface area (Å²) in [7, 11) is 1.63. The number of hydrogen-bond donors (Lipinski definition) is 1. The number of fused-ring (bicyclic) bond motifs is 2. The van der Waals surface area contributed by atoms with Crippen LogP contribution in [0.5, 0.6) is 0 Å². The molecule has 2 aliphatic carbocycles. The molecule has 4 nitrogen and oxygen atoms in total. The van der Waals surface area contributed by atoms with Crippen molar-refractivity contribution in [3.05, 3.63) is 33.4 Å². The molecule has 2 saturated carbocycles. The Morgan fingerprint density at radius 1 is 1.39 bits per heavy atom. The smallest absolute Gasteiger partial charge is 0.410 e. The van der Waals surface area contributed by atoms with E-state index in [1.165, 1.54) is 12.8 Å². The Morgan fingerprint density at radius 2 is 2.13 bits per heavy atom. The number of halogens is 1. The minimum atomic E-state index is -0.904. The van der Waals surface area contributed by atoms with E-state index in [0.717, 1.165) is 22.0 Å². The highest BCUT2D eigenvalue weighted by atomic mass is 127. The first-order valence-corrected chi connectivity index (χ1v) is 9.43. The number of amides is 1. The molecule has 126 valence electrons. The molecular weight excluding hydrogens is 405 g/mol. The van der Waals surface area contributed by atoms with Crippen LogP contribution in [0.4, 0.5) is 4.79 Å². The first kappa shape index (κ1) is 17.0. The predicted molar refractivity (Wildman–Crippen MR) is 97.2 cm³/mol. The number of rotatable bonds is 5. The highest BCUT2D eigenvalue weighted by molar-refractivity contribution is 14.1. The second-order valence-corrected chi connectivity index (χ2v) is 7.88. The fraction of sp³-hybridized carbons (Fsp3) is 0.611. The van der Waals surface area contributed by atoms with Crippen molar-refractivity contribution in [2.24, 2.45) is 11.8 Å². The van der Waals surface area contributed by atoms with Gasteiger partial charge in [-0.25, -0.2) is 4.79 Å². The number of ether oxygens (including phenoxy) is 1. The normalized spacial score (nSPS) is 28.6. The summed E-state index contributed by atoms with van der Waals surface area (Å²) < 4.78 is 6.98. The molecule has 1 aromatic carbocycles. The molecular formula is C18H24INO3. The molecule has 1 amide bonds. The lowest BCUT2D eigenvalue weighted by Crippen LogP contribution is -2.56. The minimum Gasteiger partial charge on any atom is -0.465 e. The molecule has 2 bridgehead atoms. The van der Waals surface area contributed by atoms with Gasteiger partial charge in [-0.3, -0.25) is 4.90 Å². The fourth-order valence-corrected chi connectivity index (χ4v) is 5.52. The van der Waals surface area contributed by atoms with E-state index in [4.69, 9.17) is 4.74 Å². The molecule has 0 aliphatic heterocycles. The third kappa shape index (κ3) is 2.76. The van der Waals surface area contributed by atoms with Crippen LogP contribution < -0.4 is 0 Å². The molecule has 2 aliphatic rings. The van der Waals surface area contributed by atoms with Crippen molar-refractivity contribution in [1.82, 2.24) is 4.90 Å². The summed E-state index contributed by atoms with van der Waals surface area (Å²) >= 11 is 2.28. The van der Waals surface area contributed by atoms with Crippen LogP contribution in [-0.2, 0) is 10.5 Å². The van der Waals surface area contributed by atoms with Crippen LogP contribution in [0, 0.1) is 15.4 Å². The van der Waals surface area contributed by atoms with Crippen molar-refractivity contribution in [1.29, 1.82) is 0 Å². The Bertz CT molecular complexity index is 587. The van der Waals surface area contributed by atoms with Crippen LogP contribution in [0.15, 0.2) is 24.3 Å². The van der Waals surface area contributed by atoms with Gasteiger partial charge < -0.3 is 9.84 Å². The van der Waals surface area contributed by atoms with Gasteiger partial charge in [0, 0.05) is 22.3 Å². The number of benzene rings is 1. The standard InChI is InChI=1S/C18H24INO3/c1-3-18(23-2,14-6-4-5-7-15(14)19)20(17(21)22)16-11-12-8-9-13(16)10-12/h4-7,12-13,16H,3,8-11H2,1-2H3,(H,21,22)/t12?,13?,16?,18-/m0/s1. The highest BCUT2D eigenvalue weighted by Gasteiger charge is 2.52. The summed E-state index contributed by atoms with van der Waals surface area (Å²) in [5.74, 6) is 1.17. The Balaban J connectivity index is 2.06. The van der Waals surface area contributed by atoms with Gasteiger partial charge >= 0.3 is 6.09 Å². The number of hydrogen-bond acceptors (Lipinski definition) is 2. The molecule has 3 rings (SSSR count). The molecule has 5 heteroatoms. The fourth-order valence-electron chi connectivity index (χ4n) is 4.71. The quantitative estimate of drug-likeness (QED) is 0.547. The molecule has 0 saturated heterocycles. The zero-order valence-corrected chi connectivity index (χ0v) is 15.8. The van der Waals surface area contributed by atoms with Gasteiger partial charge in [0.2, 0.25) is 0 Å². The van der Waals surface area contributed by atoms with E-state index in [0.29, 0.717) is 18.3 Å². The summed E-state index contributed by atoms with van der Waals surface area (Å²) in [6.45, 7) is 2.01. The monoisotopic (exact) mass is 429 g/mol. The molecule has 23 heavy (non-hydrogen) atoms. The predicted octanol–water partition coefficient (Wildman–Crippen LogP) is 4.67. The Morgan fingerprint density at radius 3 is 2.61 bits per heavy atom. The molecule has 0 spiro atoms. The number of nitrogens with zero attached hydrogens (tertiary/aromatic N) is 1. The van der Waals surface area contributed by atoms with Crippen molar-refractivity contribution in [3.63, 3.8) is 0 Å². The Kier molecular flexibility index (Phi) is 4.88. The number of methoxy groups -OCH3 is 1. The van der Waals surface area contributed by atoms with Crippen LogP contribution in [0.3, 0.4) is 0 Å². The van der Waals surface area contributed by atoms with Gasteiger partial charge in [0.05, 0.1) is 0 Å². The first-order valence-electron chi connectivity index (χ1n) is 8.36. The van der Waals surface area contributed by atoms with E-state index >= 15 is 0 Å². The lowest BCUT2D eigenvalue weighted by Gasteiger charge is -2.46. The molecule has 3 unspecified atom stereocenters. The van der Waals surface area contributed by atoms with Crippen LogP contribution >= 0.6 is 22.6 Å². The van der Waals surface area contributed by atoms with Crippen molar-refractivity contribution in [2.75, 3.05) is 7.11 Å². The van der Waals surface area contributed by atoms with E-state index in [1.54, 1.807) is 12.0 Å². The topological polar surface area (TPSA) is 49.8 Å². The molecule has 0 aromatic heterocycles. The Labute approximate surface area is 151 Å². The number of carboxylic acid groups (broad SMARTS) is 1. The lowest BCUT2D eigenvalue weighted by molar-refractivity contribution is -0.153. The van der Waals surface area contributed by atoms with Crippen molar-refractivity contribution < 1.29 is 14.6 Å². The third-order valence-corrected chi connectivity index (χ3v) is 6.68. The van der Waals surface area contributed by atoms with Crippen LogP contribution in [-0.4, -0.2) is 29.3 Å². The molecule has 1 N–H and O–H groups in total. The second kappa shape index (κ2) is 6.59. The second-order valence-electron chi connectivity index (χ2n) is 6.72. The summed E-state index contributed by atoms with van der Waals surface area (Å²) in [5.41, 5.74) is 0.0504. The highest BCUT2D eigenvalue weighted by Crippen LogP contribution is 2.50. The summed E-state index contributed by atoms with van der Waals surface area (Å²) in [5, 5.41) is 10.1. The van der Waals surface area contributed by atoms with Crippen LogP contribution in [0.25, 0.3) is 0 Å². The van der Waals surface area contributed by atoms with Gasteiger partial charge in [-0.05, 0) is 66.2 Å². The third-order valence-electron chi connectivity index (χ3n) is 5.74. The van der Waals surface area contributed by atoms with Crippen LogP contribution in [0.2, 0.25) is 0 Å². The zero-order chi connectivity index (χ0) is 16.6. The van der Waals surface area contributed by atoms with E-state index in [1.807, 2.05) is 31.2 Å². The van der Waals surface area contributed by atoms with Gasteiger partial charge in [-0.1, -0.05) is 31.5 Å². The van der Waals surface area contributed by atoms with Gasteiger partial charge in [-0.2, -0.15) is 0 Å². The number of carbonyl (C=O) groups is 1. The average Bonchev–Trinajstić information content (AvgIpc) is 3.16. The summed E-state index contributed by atoms with van der Waals surface area (Å²) in [6, 6.07) is 8.02. The minimum absolute atomic E-state index is 0.0714. The van der Waals surface area contributed by atoms with Crippen molar-refractivity contribution in [3.8, 4) is 0 Å². The first-order chi connectivity index (χ1) is 11.0. The van der Waals surface area contributed by atoms with Crippen LogP contribution in [0.1, 0.15) is 44.6 Å². The van der Waals surface area contributed by atoms with Gasteiger partial charge in [0.1, 0.15) is 0 Å². The maximum absolute atomic E-state index is 12.3. The largest absolute Gasteiger partial charge is 0.465 e. The lowest BCUT2D eigenvalue weighted by atomic mass is 9.89. The maximum Gasteiger partial charge on any atom is 0.410 e. The Hall–Kier alpha value is -0.820. The van der Waals surface area contributed by atoms with E-state index in [2.05, 4.69) is 22.6 Å². The van der Waals surface area contributed by atoms with Crippen molar-refractivity contribution >= 4 is 28.7 Å². The SMILES string of the molecule is CC[C@](OC)(c1ccccc1I)N(C(=O)O)C1CC2CCC1C2. The van der Waals surface area contributed by atoms with E-state index in [-0.39, 0.29) is 6.04 Å². The zero-order valence-electron chi connectivity index (χ0n) is 13.7. The van der Waals surface area contributed by atoms with E-state index < -0.39 is 11.8 Å². The van der Waals surface area contributed by atoms with Gasteiger partial charge in [0.15, 0.2) is 5.72 Å². The summed E-state index contributed by atoms with van der Waals surface area (Å²) in [4.78, 5) is 13.9. The summed E-state index contributed by atoms with van der Waals surface area (Å²) in [6.07, 6.45) is 4.28. The van der Waals surface area contributed by atoms with Gasteiger partial charge in [-0.15, -0.1) is 0 Å². The molecule has 0 radical (unpaired) electrons. The van der Waals surface area contributed by atoms with Gasteiger partial charge in [0.25, 0.3) is 0 Å².